The van der Waals surface area contributed by atoms with Gasteiger partial charge in [0.25, 0.3) is 0 Å². The molecule has 0 N–H and O–H groups in total. The average Bonchev–Trinajstić information content (AvgIpc) is 2.01. The van der Waals surface area contributed by atoms with Crippen LogP contribution in [0.5, 0.6) is 0 Å². The molecule has 0 fully saturated rings. The molecule has 0 radical (unpaired) electrons. The van der Waals surface area contributed by atoms with E-state index in [1.54, 1.807) is 4.09 Å². The average molecular weight is 332 g/mol. The summed E-state index contributed by atoms with van der Waals surface area (Å²) in [7, 11) is 0. The summed E-state index contributed by atoms with van der Waals surface area (Å²) in [6.07, 6.45) is 7.98. The normalized spacial score (nSPS) is 24.3. The minimum absolute atomic E-state index is 1.20. The first-order valence-corrected chi connectivity index (χ1v) is 16.7. The Morgan fingerprint density at radius 1 is 1.09 bits per heavy atom. The van der Waals surface area contributed by atoms with Crippen LogP contribution in [0.1, 0.15) is 6.42 Å². The van der Waals surface area contributed by atoms with E-state index < -0.39 is 12.9 Å². The molecule has 0 saturated heterocycles. The van der Waals surface area contributed by atoms with Crippen LogP contribution < -0.4 is 0 Å². The number of hydrogen-bond acceptors (Lipinski definition) is 0. The van der Waals surface area contributed by atoms with Gasteiger partial charge in [-0.05, 0) is 0 Å². The first kappa shape index (κ1) is 9.22. The summed E-state index contributed by atoms with van der Waals surface area (Å²) >= 11 is -2.61. The predicted octanol–water partition coefficient (Wildman–Crippen LogP) is 4.30. The number of rotatable bonds is 1. The molecule has 0 spiro atoms. The van der Waals surface area contributed by atoms with Crippen molar-refractivity contribution in [2.24, 2.45) is 0 Å². The fraction of sp³-hybridized carbons (Fsp3) is 0.600. The van der Waals surface area contributed by atoms with Crippen molar-refractivity contribution in [3.05, 3.63) is 22.3 Å². The van der Waals surface area contributed by atoms with Crippen LogP contribution in [-0.2, 0) is 12.9 Å². The standard InChI is InChI=1S/C5H5.5CH3.Ir/c1-2-4-5-3-1;;;;;;/h1-3H,4H2;5*1H3;. The molecule has 0 bridgehead atoms. The third kappa shape index (κ3) is 2.28. The quantitative estimate of drug-likeness (QED) is 0.672. The second-order valence-corrected chi connectivity index (χ2v) is 36.9. The van der Waals surface area contributed by atoms with Crippen molar-refractivity contribution in [1.82, 2.24) is 0 Å². The van der Waals surface area contributed by atoms with Gasteiger partial charge in [0.15, 0.2) is 0 Å². The molecule has 0 aliphatic heterocycles. The van der Waals surface area contributed by atoms with Crippen molar-refractivity contribution < 1.29 is 12.9 Å². The van der Waals surface area contributed by atoms with Crippen molar-refractivity contribution in [2.75, 3.05) is 0 Å². The fourth-order valence-electron chi connectivity index (χ4n) is 1.03. The van der Waals surface area contributed by atoms with Crippen LogP contribution >= 0.6 is 0 Å². The van der Waals surface area contributed by atoms with Crippen LogP contribution in [0.25, 0.3) is 0 Å². The van der Waals surface area contributed by atoms with Gasteiger partial charge in [-0.2, -0.15) is 0 Å². The van der Waals surface area contributed by atoms with Crippen LogP contribution in [-0.4, -0.2) is 0 Å². The van der Waals surface area contributed by atoms with E-state index in [1.807, 2.05) is 0 Å². The summed E-state index contributed by atoms with van der Waals surface area (Å²) in [4.78, 5) is 0. The minimum atomic E-state index is -2.61. The van der Waals surface area contributed by atoms with Gasteiger partial charge in [0.2, 0.25) is 0 Å². The Labute approximate surface area is 69.0 Å². The molecular formula is C10H20Ir. The Hall–Kier alpha value is 0.129. The Morgan fingerprint density at radius 2 is 1.64 bits per heavy atom. The summed E-state index contributed by atoms with van der Waals surface area (Å²) in [5, 5.41) is 0. The second kappa shape index (κ2) is 1.72. The van der Waals surface area contributed by atoms with E-state index in [1.165, 1.54) is 6.42 Å². The fourth-order valence-corrected chi connectivity index (χ4v) is 5.98. The summed E-state index contributed by atoms with van der Waals surface area (Å²) in [6, 6.07) is 0. The Morgan fingerprint density at radius 3 is 1.82 bits per heavy atom. The van der Waals surface area contributed by atoms with Gasteiger partial charge >= 0.3 is 68.8 Å². The van der Waals surface area contributed by atoms with E-state index >= 15 is 0 Å². The van der Waals surface area contributed by atoms with E-state index in [2.05, 4.69) is 45.4 Å². The molecule has 69 valence electrons. The van der Waals surface area contributed by atoms with Crippen molar-refractivity contribution in [2.45, 2.75) is 33.6 Å². The molecule has 0 aromatic carbocycles. The molecule has 1 heteroatoms. The van der Waals surface area contributed by atoms with Crippen molar-refractivity contribution >= 4 is 0 Å². The van der Waals surface area contributed by atoms with Crippen LogP contribution in [0.15, 0.2) is 22.3 Å². The first-order chi connectivity index (χ1) is 4.59. The summed E-state index contributed by atoms with van der Waals surface area (Å²) in [6.45, 7) is 0. The van der Waals surface area contributed by atoms with Gasteiger partial charge < -0.3 is 0 Å². The van der Waals surface area contributed by atoms with Gasteiger partial charge in [-0.25, -0.2) is 0 Å². The maximum absolute atomic E-state index is 2.61. The Balaban J connectivity index is 3.11. The maximum atomic E-state index is 2.48. The van der Waals surface area contributed by atoms with Gasteiger partial charge in [-0.1, -0.05) is 0 Å². The molecule has 0 aromatic heterocycles. The van der Waals surface area contributed by atoms with E-state index in [0.717, 1.165) is 0 Å². The SMILES string of the molecule is [CH3][Ir]([CH3])([CH3])([CH3])([CH3])[C]1=CC=CC1. The molecule has 1 rings (SSSR count). The van der Waals surface area contributed by atoms with Crippen molar-refractivity contribution in [3.8, 4) is 0 Å². The summed E-state index contributed by atoms with van der Waals surface area (Å²) < 4.78 is 1.70. The molecule has 0 atom stereocenters. The monoisotopic (exact) mass is 333 g/mol. The van der Waals surface area contributed by atoms with Crippen LogP contribution in [0.2, 0.25) is 27.2 Å². The van der Waals surface area contributed by atoms with Gasteiger partial charge in [-0.15, -0.1) is 0 Å². The molecule has 0 nitrogen and oxygen atoms in total. The molecule has 0 amide bonds. The molecule has 0 saturated carbocycles. The number of hydrogen-bond donors (Lipinski definition) is 0. The molecule has 0 aromatic rings. The van der Waals surface area contributed by atoms with Gasteiger partial charge in [-0.3, -0.25) is 0 Å². The van der Waals surface area contributed by atoms with Gasteiger partial charge in [0.05, 0.1) is 0 Å². The summed E-state index contributed by atoms with van der Waals surface area (Å²) in [5.41, 5.74) is 12.4. The summed E-state index contributed by atoms with van der Waals surface area (Å²) in [5.74, 6) is 0. The van der Waals surface area contributed by atoms with Crippen molar-refractivity contribution in [3.63, 3.8) is 0 Å². The zero-order valence-corrected chi connectivity index (χ0v) is 10.7. The van der Waals surface area contributed by atoms with Crippen LogP contribution in [0, 0.1) is 0 Å². The Kier molecular flexibility index (Phi) is 1.44. The molecule has 0 unspecified atom stereocenters. The van der Waals surface area contributed by atoms with E-state index in [0.29, 0.717) is 0 Å². The van der Waals surface area contributed by atoms with E-state index in [-0.39, 0.29) is 0 Å². The van der Waals surface area contributed by atoms with Crippen LogP contribution in [0.4, 0.5) is 0 Å². The van der Waals surface area contributed by atoms with Gasteiger partial charge in [0, 0.05) is 0 Å². The molecule has 0 heterocycles. The second-order valence-electron chi connectivity index (χ2n) is 5.38. The van der Waals surface area contributed by atoms with Gasteiger partial charge in [0.1, 0.15) is 0 Å². The number of allylic oxidation sites excluding steroid dienone is 4. The predicted molar refractivity (Wildman–Crippen MR) is 51.2 cm³/mol. The molecular weight excluding hydrogens is 312 g/mol. The molecule has 1 aliphatic carbocycles. The van der Waals surface area contributed by atoms with E-state index in [4.69, 9.17) is 0 Å². The topological polar surface area (TPSA) is 0 Å². The molecule has 11 heavy (non-hydrogen) atoms. The third-order valence-corrected chi connectivity index (χ3v) is 10.4. The zero-order chi connectivity index (χ0) is 8.81. The Bertz CT molecular complexity index is 232. The van der Waals surface area contributed by atoms with Crippen molar-refractivity contribution in [1.29, 1.82) is 0 Å². The van der Waals surface area contributed by atoms with Crippen LogP contribution in [0.3, 0.4) is 0 Å². The first-order valence-electron chi connectivity index (χ1n) is 3.55. The zero-order valence-electron chi connectivity index (χ0n) is 8.27. The molecule has 1 aliphatic rings. The third-order valence-electron chi connectivity index (χ3n) is 1.78. The van der Waals surface area contributed by atoms with E-state index in [9.17, 15) is 0 Å².